The predicted octanol–water partition coefficient (Wildman–Crippen LogP) is 2.18. The van der Waals surface area contributed by atoms with Crippen LogP contribution in [0.3, 0.4) is 0 Å². The van der Waals surface area contributed by atoms with Gasteiger partial charge in [-0.15, -0.1) is 5.10 Å². The van der Waals surface area contributed by atoms with Crippen LogP contribution in [0.2, 0.25) is 0 Å². The third-order valence-electron chi connectivity index (χ3n) is 2.06. The molecule has 4 heteroatoms. The van der Waals surface area contributed by atoms with Gasteiger partial charge in [-0.05, 0) is 19.1 Å². The summed E-state index contributed by atoms with van der Waals surface area (Å²) in [6, 6.07) is 8.26. The molecule has 1 aromatic carbocycles. The minimum atomic E-state index is 0.840. The Labute approximate surface area is 92.4 Å². The van der Waals surface area contributed by atoms with Crippen LogP contribution in [0.1, 0.15) is 6.92 Å². The van der Waals surface area contributed by atoms with Gasteiger partial charge >= 0.3 is 0 Å². The summed E-state index contributed by atoms with van der Waals surface area (Å²) >= 11 is 1.66. The number of aryl methyl sites for hydroxylation is 1. The van der Waals surface area contributed by atoms with Gasteiger partial charge in [-0.2, -0.15) is 0 Å². The molecule has 3 nitrogen and oxygen atoms in total. The highest BCUT2D eigenvalue weighted by Crippen LogP contribution is 2.14. The van der Waals surface area contributed by atoms with Crippen LogP contribution in [-0.4, -0.2) is 4.57 Å². The van der Waals surface area contributed by atoms with Crippen LogP contribution in [0.5, 0.6) is 0 Å². The zero-order valence-electron chi connectivity index (χ0n) is 8.82. The Morgan fingerprint density at radius 1 is 1.47 bits per heavy atom. The lowest BCUT2D eigenvalue weighted by atomic mass is 10.3. The molecule has 1 aromatic heterocycles. The van der Waals surface area contributed by atoms with Crippen molar-refractivity contribution in [2.24, 2.45) is 12.1 Å². The monoisotopic (exact) mass is 219 g/mol. The van der Waals surface area contributed by atoms with E-state index in [4.69, 9.17) is 0 Å². The van der Waals surface area contributed by atoms with Crippen molar-refractivity contribution >= 4 is 21.6 Å². The van der Waals surface area contributed by atoms with E-state index in [2.05, 4.69) is 33.8 Å². The minimum Gasteiger partial charge on any atom is -0.318 e. The molecule has 0 saturated heterocycles. The second kappa shape index (κ2) is 3.90. The Bertz CT molecular complexity index is 562. The number of fused-ring (bicyclic) bond motifs is 1. The molecule has 15 heavy (non-hydrogen) atoms. The van der Waals surface area contributed by atoms with Crippen molar-refractivity contribution in [1.29, 1.82) is 0 Å². The van der Waals surface area contributed by atoms with Crippen LogP contribution >= 0.6 is 11.3 Å². The predicted molar refractivity (Wildman–Crippen MR) is 64.3 cm³/mol. The van der Waals surface area contributed by atoms with Crippen LogP contribution in [0.25, 0.3) is 10.2 Å². The summed E-state index contributed by atoms with van der Waals surface area (Å²) in [5.41, 5.74) is 4.92. The van der Waals surface area contributed by atoms with E-state index >= 15 is 0 Å². The highest BCUT2D eigenvalue weighted by molar-refractivity contribution is 7.16. The van der Waals surface area contributed by atoms with Gasteiger partial charge in [0, 0.05) is 12.7 Å². The highest BCUT2D eigenvalue weighted by Gasteiger charge is 2.00. The number of para-hydroxylation sites is 1. The first kappa shape index (κ1) is 9.98. The van der Waals surface area contributed by atoms with Crippen molar-refractivity contribution in [3.8, 4) is 0 Å². The Balaban J connectivity index is 2.58. The fraction of sp³-hybridized carbons (Fsp3) is 0.182. The Morgan fingerprint density at radius 3 is 2.87 bits per heavy atom. The van der Waals surface area contributed by atoms with E-state index in [1.54, 1.807) is 11.3 Å². The number of hydrogen-bond donors (Lipinski definition) is 1. The minimum absolute atomic E-state index is 0.840. The number of allylic oxidation sites excluding steroid dienone is 1. The largest absolute Gasteiger partial charge is 0.318 e. The number of thiazole rings is 1. The first-order valence-electron chi connectivity index (χ1n) is 4.68. The summed E-state index contributed by atoms with van der Waals surface area (Å²) in [5.74, 6) is 0. The van der Waals surface area contributed by atoms with Gasteiger partial charge in [0.15, 0.2) is 0 Å². The fourth-order valence-electron chi connectivity index (χ4n) is 1.33. The number of hydrogen-bond acceptors (Lipinski definition) is 3. The maximum Gasteiger partial charge on any atom is 0.208 e. The van der Waals surface area contributed by atoms with Crippen molar-refractivity contribution < 1.29 is 0 Å². The lowest BCUT2D eigenvalue weighted by Gasteiger charge is -1.96. The number of nitrogens with one attached hydrogen (secondary N) is 1. The van der Waals surface area contributed by atoms with Gasteiger partial charge < -0.3 is 4.57 Å². The molecule has 0 atom stereocenters. The average Bonchev–Trinajstić information content (AvgIpc) is 2.54. The first-order valence-corrected chi connectivity index (χ1v) is 5.50. The van der Waals surface area contributed by atoms with Gasteiger partial charge in [-0.25, -0.2) is 0 Å². The number of nitrogens with zero attached hydrogens (tertiary/aromatic N) is 2. The SMILES string of the molecule is C=C(C)N/N=c1\sc2ccccc2n1C. The van der Waals surface area contributed by atoms with E-state index in [1.165, 1.54) is 10.2 Å². The van der Waals surface area contributed by atoms with E-state index in [9.17, 15) is 0 Å². The smallest absolute Gasteiger partial charge is 0.208 e. The topological polar surface area (TPSA) is 29.3 Å². The quantitative estimate of drug-likeness (QED) is 0.771. The molecule has 0 aliphatic carbocycles. The van der Waals surface area contributed by atoms with Crippen molar-refractivity contribution in [1.82, 2.24) is 9.99 Å². The highest BCUT2D eigenvalue weighted by atomic mass is 32.1. The summed E-state index contributed by atoms with van der Waals surface area (Å²) < 4.78 is 3.30. The van der Waals surface area contributed by atoms with Crippen molar-refractivity contribution in [3.63, 3.8) is 0 Å². The Hall–Kier alpha value is -1.55. The molecule has 1 N–H and O–H groups in total. The molecule has 2 aromatic rings. The van der Waals surface area contributed by atoms with Gasteiger partial charge in [0.25, 0.3) is 0 Å². The molecule has 0 saturated carbocycles. The zero-order chi connectivity index (χ0) is 10.8. The molecule has 0 aliphatic rings. The second-order valence-corrected chi connectivity index (χ2v) is 4.42. The molecule has 0 fully saturated rings. The molecule has 0 aliphatic heterocycles. The molecule has 0 amide bonds. The van der Waals surface area contributed by atoms with Crippen molar-refractivity contribution in [2.75, 3.05) is 0 Å². The Kier molecular flexibility index (Phi) is 2.60. The van der Waals surface area contributed by atoms with Gasteiger partial charge in [0.1, 0.15) is 0 Å². The summed E-state index contributed by atoms with van der Waals surface area (Å²) in [4.78, 5) is 0.944. The van der Waals surface area contributed by atoms with Gasteiger partial charge in [0.2, 0.25) is 4.80 Å². The average molecular weight is 219 g/mol. The van der Waals surface area contributed by atoms with E-state index in [0.717, 1.165) is 10.5 Å². The molecule has 0 spiro atoms. The molecule has 0 radical (unpaired) electrons. The second-order valence-electron chi connectivity index (χ2n) is 3.42. The first-order chi connectivity index (χ1) is 7.18. The van der Waals surface area contributed by atoms with Crippen LogP contribution in [-0.2, 0) is 7.05 Å². The maximum absolute atomic E-state index is 4.27. The van der Waals surface area contributed by atoms with Gasteiger partial charge in [0.05, 0.1) is 10.2 Å². The summed E-state index contributed by atoms with van der Waals surface area (Å²) in [6.07, 6.45) is 0. The number of rotatable bonds is 2. The van der Waals surface area contributed by atoms with Crippen LogP contribution in [0.4, 0.5) is 0 Å². The van der Waals surface area contributed by atoms with E-state index < -0.39 is 0 Å². The third-order valence-corrected chi connectivity index (χ3v) is 3.17. The Morgan fingerprint density at radius 2 is 2.20 bits per heavy atom. The zero-order valence-corrected chi connectivity index (χ0v) is 9.64. The van der Waals surface area contributed by atoms with Crippen molar-refractivity contribution in [3.05, 3.63) is 41.3 Å². The molecule has 1 heterocycles. The maximum atomic E-state index is 4.27. The van der Waals surface area contributed by atoms with Crippen LogP contribution in [0.15, 0.2) is 41.6 Å². The summed E-state index contributed by atoms with van der Waals surface area (Å²) in [7, 11) is 2.01. The van der Waals surface area contributed by atoms with E-state index in [-0.39, 0.29) is 0 Å². The number of benzene rings is 1. The molecule has 0 bridgehead atoms. The van der Waals surface area contributed by atoms with Crippen LogP contribution in [0, 0.1) is 0 Å². The molecular weight excluding hydrogens is 206 g/mol. The summed E-state index contributed by atoms with van der Waals surface area (Å²) in [5, 5.41) is 4.27. The van der Waals surface area contributed by atoms with Gasteiger partial charge in [-0.3, -0.25) is 5.43 Å². The van der Waals surface area contributed by atoms with Crippen LogP contribution < -0.4 is 10.2 Å². The summed E-state index contributed by atoms with van der Waals surface area (Å²) in [6.45, 7) is 5.63. The van der Waals surface area contributed by atoms with Crippen molar-refractivity contribution in [2.45, 2.75) is 6.92 Å². The normalized spacial score (nSPS) is 12.0. The molecule has 2 rings (SSSR count). The standard InChI is InChI=1S/C11H13N3S/c1-8(2)12-13-11-14(3)9-6-4-5-7-10(9)15-11/h4-7,12H,1H2,2-3H3/b13-11-. The van der Waals surface area contributed by atoms with E-state index in [1.807, 2.05) is 26.1 Å². The lowest BCUT2D eigenvalue weighted by Crippen LogP contribution is -2.15. The fourth-order valence-corrected chi connectivity index (χ4v) is 2.31. The number of aromatic nitrogens is 1. The molecular formula is C11H13N3S. The van der Waals surface area contributed by atoms with Gasteiger partial charge in [-0.1, -0.05) is 30.0 Å². The third kappa shape index (κ3) is 1.94. The van der Waals surface area contributed by atoms with E-state index in [0.29, 0.717) is 0 Å². The lowest BCUT2D eigenvalue weighted by molar-refractivity contribution is 0.798. The molecule has 78 valence electrons. The molecule has 0 unspecified atom stereocenters.